The van der Waals surface area contributed by atoms with Crippen LogP contribution < -0.4 is 0 Å². The van der Waals surface area contributed by atoms with E-state index in [2.05, 4.69) is 82.4 Å². The van der Waals surface area contributed by atoms with Crippen molar-refractivity contribution in [2.75, 3.05) is 0 Å². The van der Waals surface area contributed by atoms with Crippen molar-refractivity contribution in [2.45, 2.75) is 20.4 Å². The average Bonchev–Trinajstić information content (AvgIpc) is 3.23. The molecule has 0 bridgehead atoms. The second kappa shape index (κ2) is 7.64. The highest BCUT2D eigenvalue weighted by molar-refractivity contribution is 14.1. The number of allylic oxidation sites excluding steroid dienone is 1. The van der Waals surface area contributed by atoms with Crippen LogP contribution in [-0.2, 0) is 6.54 Å². The molecule has 0 unspecified atom stereocenters. The van der Waals surface area contributed by atoms with Gasteiger partial charge in [-0.05, 0) is 90.5 Å². The molecule has 138 valence electrons. The van der Waals surface area contributed by atoms with Crippen LogP contribution in [0.1, 0.15) is 17.0 Å². The second-order valence-corrected chi connectivity index (χ2v) is 8.03. The lowest BCUT2D eigenvalue weighted by Gasteiger charge is -2.10. The molecule has 2 heterocycles. The molecule has 0 saturated carbocycles. The normalized spacial score (nSPS) is 11.7. The zero-order chi connectivity index (χ0) is 19.7. The Balaban J connectivity index is 1.70. The first-order chi connectivity index (χ1) is 13.6. The molecule has 0 radical (unpaired) electrons. The number of aromatic nitrogens is 3. The number of nitriles is 1. The molecule has 0 N–H and O–H groups in total. The van der Waals surface area contributed by atoms with Gasteiger partial charge in [0.25, 0.3) is 0 Å². The van der Waals surface area contributed by atoms with Gasteiger partial charge < -0.3 is 9.13 Å². The molecule has 0 aliphatic heterocycles. The number of para-hydroxylation sites is 2. The lowest BCUT2D eigenvalue weighted by atomic mass is 10.1. The van der Waals surface area contributed by atoms with Crippen LogP contribution in [-0.4, -0.2) is 14.1 Å². The number of nitrogens with zero attached hydrogens (tertiary/aromatic N) is 4. The average molecular weight is 478 g/mol. The fourth-order valence-electron chi connectivity index (χ4n) is 3.54. The first-order valence-corrected chi connectivity index (χ1v) is 10.1. The molecular weight excluding hydrogens is 459 g/mol. The minimum absolute atomic E-state index is 0.504. The molecule has 0 atom stereocenters. The lowest BCUT2D eigenvalue weighted by molar-refractivity contribution is 0.830. The van der Waals surface area contributed by atoms with Crippen molar-refractivity contribution in [1.82, 2.24) is 14.1 Å². The molecule has 4 rings (SSSR count). The summed E-state index contributed by atoms with van der Waals surface area (Å²) in [7, 11) is 0. The standard InChI is InChI=1S/C23H19IN4/c1-16-11-19(17(2)28(16)21-9-7-20(24)8-10-21)12-18(13-25)14-27-15-26-22-5-3-4-6-23(22)27/h3-12,15H,14H2,1-2H3/b18-12-. The van der Waals surface area contributed by atoms with Crippen LogP contribution in [0.4, 0.5) is 0 Å². The van der Waals surface area contributed by atoms with E-state index in [0.717, 1.165) is 33.7 Å². The minimum atomic E-state index is 0.504. The lowest BCUT2D eigenvalue weighted by Crippen LogP contribution is -2.00. The van der Waals surface area contributed by atoms with Crippen LogP contribution in [0.3, 0.4) is 0 Å². The highest BCUT2D eigenvalue weighted by Crippen LogP contribution is 2.24. The van der Waals surface area contributed by atoms with Crippen molar-refractivity contribution in [3.05, 3.63) is 87.0 Å². The quantitative estimate of drug-likeness (QED) is 0.281. The van der Waals surface area contributed by atoms with Crippen molar-refractivity contribution in [1.29, 1.82) is 5.26 Å². The third-order valence-corrected chi connectivity index (χ3v) is 5.62. The zero-order valence-electron chi connectivity index (χ0n) is 15.7. The van der Waals surface area contributed by atoms with Crippen molar-refractivity contribution in [2.24, 2.45) is 0 Å². The Morgan fingerprint density at radius 3 is 2.64 bits per heavy atom. The minimum Gasteiger partial charge on any atom is -0.325 e. The number of benzene rings is 2. The van der Waals surface area contributed by atoms with E-state index in [1.54, 1.807) is 6.33 Å². The van der Waals surface area contributed by atoms with Crippen LogP contribution in [0, 0.1) is 28.7 Å². The molecular formula is C23H19IN4. The number of hydrogen-bond acceptors (Lipinski definition) is 2. The summed E-state index contributed by atoms with van der Waals surface area (Å²) < 4.78 is 5.45. The number of rotatable bonds is 4. The fraction of sp³-hybridized carbons (Fsp3) is 0.130. The van der Waals surface area contributed by atoms with Gasteiger partial charge in [0.1, 0.15) is 0 Å². The van der Waals surface area contributed by atoms with E-state index in [0.29, 0.717) is 12.1 Å². The highest BCUT2D eigenvalue weighted by Gasteiger charge is 2.11. The third-order valence-electron chi connectivity index (χ3n) is 4.90. The summed E-state index contributed by atoms with van der Waals surface area (Å²) in [6.07, 6.45) is 3.78. The highest BCUT2D eigenvalue weighted by atomic mass is 127. The topological polar surface area (TPSA) is 46.5 Å². The van der Waals surface area contributed by atoms with E-state index in [4.69, 9.17) is 0 Å². The van der Waals surface area contributed by atoms with Crippen LogP contribution >= 0.6 is 22.6 Å². The summed E-state index contributed by atoms with van der Waals surface area (Å²) in [5.74, 6) is 0. The van der Waals surface area contributed by atoms with Crippen LogP contribution in [0.15, 0.2) is 66.5 Å². The third kappa shape index (κ3) is 3.48. The zero-order valence-corrected chi connectivity index (χ0v) is 17.9. The number of halogens is 1. The summed E-state index contributed by atoms with van der Waals surface area (Å²) >= 11 is 2.31. The molecule has 0 spiro atoms. The molecule has 2 aromatic carbocycles. The molecule has 4 nitrogen and oxygen atoms in total. The van der Waals surface area contributed by atoms with Gasteiger partial charge in [-0.15, -0.1) is 0 Å². The van der Waals surface area contributed by atoms with E-state index in [1.807, 2.05) is 34.9 Å². The Labute approximate surface area is 177 Å². The van der Waals surface area contributed by atoms with Gasteiger partial charge in [0, 0.05) is 26.2 Å². The molecule has 0 amide bonds. The molecule has 0 fully saturated rings. The van der Waals surface area contributed by atoms with E-state index in [9.17, 15) is 5.26 Å². The van der Waals surface area contributed by atoms with Gasteiger partial charge in [-0.1, -0.05) is 12.1 Å². The van der Waals surface area contributed by atoms with Gasteiger partial charge in [0.15, 0.2) is 0 Å². The molecule has 0 saturated heterocycles. The Morgan fingerprint density at radius 2 is 1.89 bits per heavy atom. The second-order valence-electron chi connectivity index (χ2n) is 6.78. The predicted molar refractivity (Wildman–Crippen MR) is 121 cm³/mol. The fourth-order valence-corrected chi connectivity index (χ4v) is 3.90. The van der Waals surface area contributed by atoms with Crippen molar-refractivity contribution >= 4 is 39.7 Å². The first-order valence-electron chi connectivity index (χ1n) is 9.02. The molecule has 4 aromatic rings. The number of imidazole rings is 1. The van der Waals surface area contributed by atoms with Gasteiger partial charge in [-0.2, -0.15) is 5.26 Å². The number of fused-ring (bicyclic) bond motifs is 1. The maximum atomic E-state index is 9.71. The van der Waals surface area contributed by atoms with Crippen LogP contribution in [0.25, 0.3) is 22.8 Å². The van der Waals surface area contributed by atoms with E-state index >= 15 is 0 Å². The maximum Gasteiger partial charge on any atom is 0.0966 e. The largest absolute Gasteiger partial charge is 0.325 e. The predicted octanol–water partition coefficient (Wildman–Crippen LogP) is 5.66. The maximum absolute atomic E-state index is 9.71. The smallest absolute Gasteiger partial charge is 0.0966 e. The molecule has 0 aliphatic carbocycles. The summed E-state index contributed by atoms with van der Waals surface area (Å²) in [5, 5.41) is 9.71. The van der Waals surface area contributed by atoms with Crippen LogP contribution in [0.5, 0.6) is 0 Å². The van der Waals surface area contributed by atoms with Gasteiger partial charge in [-0.3, -0.25) is 0 Å². The summed E-state index contributed by atoms with van der Waals surface area (Å²) in [5.41, 5.74) is 7.15. The van der Waals surface area contributed by atoms with Gasteiger partial charge in [0.05, 0.1) is 30.0 Å². The van der Waals surface area contributed by atoms with Crippen molar-refractivity contribution in [3.8, 4) is 11.8 Å². The first kappa shape index (κ1) is 18.5. The Bertz CT molecular complexity index is 1220. The Kier molecular flexibility index (Phi) is 5.05. The summed E-state index contributed by atoms with van der Waals surface area (Å²) in [6.45, 7) is 4.69. The Morgan fingerprint density at radius 1 is 1.14 bits per heavy atom. The van der Waals surface area contributed by atoms with Gasteiger partial charge in [0.2, 0.25) is 0 Å². The SMILES string of the molecule is Cc1cc(/C=C(/C#N)Cn2cnc3ccccc32)c(C)n1-c1ccc(I)cc1. The van der Waals surface area contributed by atoms with Crippen molar-refractivity contribution < 1.29 is 0 Å². The molecule has 2 aromatic heterocycles. The summed E-state index contributed by atoms with van der Waals surface area (Å²) in [6, 6.07) is 20.9. The number of hydrogen-bond donors (Lipinski definition) is 0. The van der Waals surface area contributed by atoms with E-state index in [1.165, 1.54) is 3.57 Å². The monoisotopic (exact) mass is 478 g/mol. The van der Waals surface area contributed by atoms with E-state index in [-0.39, 0.29) is 0 Å². The van der Waals surface area contributed by atoms with Gasteiger partial charge in [-0.25, -0.2) is 4.98 Å². The van der Waals surface area contributed by atoms with Crippen LogP contribution in [0.2, 0.25) is 0 Å². The Hall–Kier alpha value is -2.85. The number of aryl methyl sites for hydroxylation is 1. The molecule has 0 aliphatic rings. The molecule has 5 heteroatoms. The van der Waals surface area contributed by atoms with Gasteiger partial charge >= 0.3 is 0 Å². The summed E-state index contributed by atoms with van der Waals surface area (Å²) in [4.78, 5) is 4.42. The van der Waals surface area contributed by atoms with E-state index < -0.39 is 0 Å². The molecule has 28 heavy (non-hydrogen) atoms. The van der Waals surface area contributed by atoms with Crippen molar-refractivity contribution in [3.63, 3.8) is 0 Å².